The monoisotopic (exact) mass is 211 g/mol. The van der Waals surface area contributed by atoms with Crippen molar-refractivity contribution in [1.82, 2.24) is 9.99 Å². The lowest BCUT2D eigenvalue weighted by Crippen LogP contribution is -2.34. The minimum Gasteiger partial charge on any atom is -0.476 e. The summed E-state index contributed by atoms with van der Waals surface area (Å²) in [5.74, 6) is -1.08. The lowest BCUT2D eigenvalue weighted by atomic mass is 10.2. The van der Waals surface area contributed by atoms with Crippen molar-refractivity contribution in [2.24, 2.45) is 0 Å². The van der Waals surface area contributed by atoms with Crippen LogP contribution in [-0.4, -0.2) is 34.2 Å². The van der Waals surface area contributed by atoms with Crippen molar-refractivity contribution in [3.63, 3.8) is 0 Å². The molecule has 1 fully saturated rings. The molecule has 1 aromatic heterocycles. The fraction of sp³-hybridized carbons (Fsp3) is 0.556. The SMILES string of the molecule is O=C(O)c1coc(NN2CCCCC2)n1. The molecule has 0 aliphatic carbocycles. The quantitative estimate of drug-likeness (QED) is 0.781. The number of piperidine rings is 1. The number of oxazole rings is 1. The largest absolute Gasteiger partial charge is 0.476 e. The summed E-state index contributed by atoms with van der Waals surface area (Å²) in [4.78, 5) is 14.3. The van der Waals surface area contributed by atoms with Crippen LogP contribution >= 0.6 is 0 Å². The summed E-state index contributed by atoms with van der Waals surface area (Å²) in [6.07, 6.45) is 4.65. The molecule has 82 valence electrons. The number of hydrogen-bond acceptors (Lipinski definition) is 5. The molecule has 0 amide bonds. The predicted molar refractivity (Wildman–Crippen MR) is 52.5 cm³/mol. The van der Waals surface area contributed by atoms with E-state index in [1.54, 1.807) is 0 Å². The summed E-state index contributed by atoms with van der Waals surface area (Å²) < 4.78 is 4.98. The van der Waals surface area contributed by atoms with E-state index in [0.29, 0.717) is 0 Å². The highest BCUT2D eigenvalue weighted by Gasteiger charge is 2.14. The molecule has 0 bridgehead atoms. The van der Waals surface area contributed by atoms with Gasteiger partial charge in [0.05, 0.1) is 0 Å². The molecule has 6 nitrogen and oxygen atoms in total. The Kier molecular flexibility index (Phi) is 2.86. The van der Waals surface area contributed by atoms with E-state index in [2.05, 4.69) is 10.4 Å². The van der Waals surface area contributed by atoms with Gasteiger partial charge >= 0.3 is 12.0 Å². The van der Waals surface area contributed by atoms with E-state index >= 15 is 0 Å². The van der Waals surface area contributed by atoms with E-state index in [9.17, 15) is 4.79 Å². The van der Waals surface area contributed by atoms with E-state index in [4.69, 9.17) is 9.52 Å². The lowest BCUT2D eigenvalue weighted by Gasteiger charge is -2.25. The lowest BCUT2D eigenvalue weighted by molar-refractivity contribution is 0.0690. The number of hydrogen-bond donors (Lipinski definition) is 2. The number of nitrogens with zero attached hydrogens (tertiary/aromatic N) is 2. The summed E-state index contributed by atoms with van der Waals surface area (Å²) in [6, 6.07) is 0.245. The Morgan fingerprint density at radius 3 is 2.80 bits per heavy atom. The maximum Gasteiger partial charge on any atom is 0.357 e. The van der Waals surface area contributed by atoms with Crippen molar-refractivity contribution in [2.45, 2.75) is 19.3 Å². The third kappa shape index (κ3) is 2.47. The molecule has 6 heteroatoms. The molecule has 0 aromatic carbocycles. The number of nitrogens with one attached hydrogen (secondary N) is 1. The number of carbonyl (C=O) groups is 1. The molecule has 1 saturated heterocycles. The van der Waals surface area contributed by atoms with Gasteiger partial charge in [-0.2, -0.15) is 4.98 Å². The minimum atomic E-state index is -1.08. The van der Waals surface area contributed by atoms with Crippen LogP contribution in [0.4, 0.5) is 6.01 Å². The van der Waals surface area contributed by atoms with Crippen molar-refractivity contribution < 1.29 is 14.3 Å². The fourth-order valence-electron chi connectivity index (χ4n) is 1.56. The van der Waals surface area contributed by atoms with Gasteiger partial charge in [-0.1, -0.05) is 6.42 Å². The van der Waals surface area contributed by atoms with Crippen LogP contribution in [0, 0.1) is 0 Å². The first-order chi connectivity index (χ1) is 7.25. The Morgan fingerprint density at radius 2 is 2.20 bits per heavy atom. The number of aromatic nitrogens is 1. The van der Waals surface area contributed by atoms with Crippen molar-refractivity contribution >= 4 is 12.0 Å². The second kappa shape index (κ2) is 4.31. The zero-order chi connectivity index (χ0) is 10.7. The van der Waals surface area contributed by atoms with Crippen LogP contribution < -0.4 is 5.43 Å². The molecule has 0 atom stereocenters. The van der Waals surface area contributed by atoms with Gasteiger partial charge in [0.1, 0.15) is 6.26 Å². The van der Waals surface area contributed by atoms with E-state index in [-0.39, 0.29) is 11.7 Å². The van der Waals surface area contributed by atoms with Gasteiger partial charge in [0, 0.05) is 13.1 Å². The molecule has 0 radical (unpaired) electrons. The highest BCUT2D eigenvalue weighted by molar-refractivity contribution is 5.85. The Balaban J connectivity index is 1.94. The molecule has 2 rings (SSSR count). The summed E-state index contributed by atoms with van der Waals surface area (Å²) in [6.45, 7) is 1.87. The van der Waals surface area contributed by atoms with Gasteiger partial charge in [0.15, 0.2) is 5.69 Å². The van der Waals surface area contributed by atoms with Crippen molar-refractivity contribution in [3.8, 4) is 0 Å². The Labute approximate surface area is 86.9 Å². The van der Waals surface area contributed by atoms with Crippen LogP contribution in [0.25, 0.3) is 0 Å². The van der Waals surface area contributed by atoms with Crippen molar-refractivity contribution in [3.05, 3.63) is 12.0 Å². The second-order valence-corrected chi connectivity index (χ2v) is 3.50. The van der Waals surface area contributed by atoms with E-state index in [0.717, 1.165) is 32.2 Å². The van der Waals surface area contributed by atoms with E-state index in [1.807, 2.05) is 5.01 Å². The highest BCUT2D eigenvalue weighted by Crippen LogP contribution is 2.12. The molecule has 1 aliphatic rings. The van der Waals surface area contributed by atoms with Gasteiger partial charge in [-0.25, -0.2) is 9.80 Å². The topological polar surface area (TPSA) is 78.6 Å². The molecule has 1 aliphatic heterocycles. The average Bonchev–Trinajstić information content (AvgIpc) is 2.68. The number of carboxylic acids is 1. The summed E-state index contributed by atoms with van der Waals surface area (Å²) in [5, 5.41) is 10.6. The van der Waals surface area contributed by atoms with Gasteiger partial charge in [0.2, 0.25) is 0 Å². The molecule has 1 aromatic rings. The number of rotatable bonds is 3. The molecular formula is C9H13N3O3. The Hall–Kier alpha value is -1.56. The first-order valence-electron chi connectivity index (χ1n) is 4.96. The van der Waals surface area contributed by atoms with Crippen LogP contribution in [0.1, 0.15) is 29.8 Å². The molecule has 0 spiro atoms. The molecule has 2 heterocycles. The van der Waals surface area contributed by atoms with Gasteiger partial charge in [-0.3, -0.25) is 5.43 Å². The van der Waals surface area contributed by atoms with E-state index < -0.39 is 5.97 Å². The number of hydrazine groups is 1. The van der Waals surface area contributed by atoms with Gasteiger partial charge in [0.25, 0.3) is 0 Å². The van der Waals surface area contributed by atoms with Crippen LogP contribution in [0.5, 0.6) is 0 Å². The third-order valence-corrected chi connectivity index (χ3v) is 2.33. The smallest absolute Gasteiger partial charge is 0.357 e. The fourth-order valence-corrected chi connectivity index (χ4v) is 1.56. The maximum absolute atomic E-state index is 10.5. The summed E-state index contributed by atoms with van der Waals surface area (Å²) in [5.41, 5.74) is 2.87. The first kappa shape index (κ1) is 9.97. The van der Waals surface area contributed by atoms with Crippen molar-refractivity contribution in [1.29, 1.82) is 0 Å². The second-order valence-electron chi connectivity index (χ2n) is 3.50. The first-order valence-corrected chi connectivity index (χ1v) is 4.96. The highest BCUT2D eigenvalue weighted by atomic mass is 16.4. The molecule has 15 heavy (non-hydrogen) atoms. The van der Waals surface area contributed by atoms with Gasteiger partial charge < -0.3 is 9.52 Å². The van der Waals surface area contributed by atoms with E-state index in [1.165, 1.54) is 6.42 Å². The Bertz CT molecular complexity index is 344. The average molecular weight is 211 g/mol. The third-order valence-electron chi connectivity index (χ3n) is 2.33. The molecular weight excluding hydrogens is 198 g/mol. The standard InChI is InChI=1S/C9H13N3O3/c13-8(14)7-6-15-9(10-7)11-12-4-2-1-3-5-12/h6H,1-5H2,(H,10,11)(H,13,14). The number of aromatic carboxylic acids is 1. The number of carboxylic acid groups (broad SMARTS) is 1. The minimum absolute atomic E-state index is 0.0745. The zero-order valence-electron chi connectivity index (χ0n) is 8.27. The van der Waals surface area contributed by atoms with Gasteiger partial charge in [-0.05, 0) is 12.8 Å². The maximum atomic E-state index is 10.5. The molecule has 0 unspecified atom stereocenters. The van der Waals surface area contributed by atoms with Gasteiger partial charge in [-0.15, -0.1) is 0 Å². The van der Waals surface area contributed by atoms with Crippen LogP contribution in [0.15, 0.2) is 10.7 Å². The molecule has 2 N–H and O–H groups in total. The van der Waals surface area contributed by atoms with Crippen LogP contribution in [0.3, 0.4) is 0 Å². The predicted octanol–water partition coefficient (Wildman–Crippen LogP) is 1.19. The zero-order valence-corrected chi connectivity index (χ0v) is 8.27. The molecule has 0 saturated carbocycles. The summed E-state index contributed by atoms with van der Waals surface area (Å²) >= 11 is 0. The van der Waals surface area contributed by atoms with Crippen molar-refractivity contribution in [2.75, 3.05) is 18.5 Å². The normalized spacial score (nSPS) is 17.6. The van der Waals surface area contributed by atoms with Crippen LogP contribution in [-0.2, 0) is 0 Å². The Morgan fingerprint density at radius 1 is 1.47 bits per heavy atom. The summed E-state index contributed by atoms with van der Waals surface area (Å²) in [7, 11) is 0. The van der Waals surface area contributed by atoms with Crippen LogP contribution in [0.2, 0.25) is 0 Å². The number of anilines is 1.